The third-order valence-electron chi connectivity index (χ3n) is 3.47. The summed E-state index contributed by atoms with van der Waals surface area (Å²) in [5.41, 5.74) is 0. The van der Waals surface area contributed by atoms with Crippen molar-refractivity contribution < 1.29 is 4.79 Å². The number of rotatable bonds is 3. The molecule has 2 fully saturated rings. The van der Waals surface area contributed by atoms with E-state index < -0.39 is 0 Å². The molecule has 0 aromatic carbocycles. The summed E-state index contributed by atoms with van der Waals surface area (Å²) in [5.74, 6) is 2.32. The lowest BCUT2D eigenvalue weighted by atomic mass is 9.64. The van der Waals surface area contributed by atoms with Gasteiger partial charge in [-0.1, -0.05) is 22.4 Å². The smallest absolute Gasteiger partial charge is 0.139 e. The molecule has 3 atom stereocenters. The van der Waals surface area contributed by atoms with Crippen LogP contribution in [-0.4, -0.2) is 11.1 Å². The minimum atomic E-state index is 0.454. The number of ketones is 1. The maximum Gasteiger partial charge on any atom is 0.139 e. The van der Waals surface area contributed by atoms with Gasteiger partial charge in [0, 0.05) is 17.2 Å². The number of fused-ring (bicyclic) bond motifs is 1. The molecule has 2 aliphatic carbocycles. The van der Waals surface area contributed by atoms with Crippen LogP contribution in [0.1, 0.15) is 32.1 Å². The fourth-order valence-corrected chi connectivity index (χ4v) is 3.17. The molecular weight excluding hydrogens is 216 g/mol. The largest absolute Gasteiger partial charge is 0.299 e. The molecule has 2 saturated carbocycles. The first-order valence-corrected chi connectivity index (χ1v) is 6.06. The van der Waals surface area contributed by atoms with Gasteiger partial charge in [-0.25, -0.2) is 0 Å². The van der Waals surface area contributed by atoms with Gasteiger partial charge in [-0.15, -0.1) is 0 Å². The predicted octanol–water partition coefficient (Wildman–Crippen LogP) is 2.78. The highest BCUT2D eigenvalue weighted by Crippen LogP contribution is 2.49. The van der Waals surface area contributed by atoms with E-state index in [4.69, 9.17) is 0 Å². The number of hydrogen-bond donors (Lipinski definition) is 0. The lowest BCUT2D eigenvalue weighted by Gasteiger charge is -2.38. The van der Waals surface area contributed by atoms with E-state index in [9.17, 15) is 4.79 Å². The van der Waals surface area contributed by atoms with Crippen molar-refractivity contribution in [1.82, 2.24) is 0 Å². The van der Waals surface area contributed by atoms with Crippen LogP contribution < -0.4 is 0 Å². The second-order valence-corrected chi connectivity index (χ2v) is 4.83. The van der Waals surface area contributed by atoms with Crippen molar-refractivity contribution in [3.8, 4) is 0 Å². The average Bonchev–Trinajstić information content (AvgIpc) is 2.49. The van der Waals surface area contributed by atoms with E-state index in [-0.39, 0.29) is 0 Å². The number of halogens is 1. The number of carbonyl (C=O) groups is 1. The molecule has 0 spiro atoms. The first kappa shape index (κ1) is 8.74. The Labute approximate surface area is 82.0 Å². The summed E-state index contributed by atoms with van der Waals surface area (Å²) in [6.07, 6.45) is 6.11. The Balaban J connectivity index is 1.87. The second kappa shape index (κ2) is 3.49. The zero-order chi connectivity index (χ0) is 8.55. The van der Waals surface area contributed by atoms with E-state index in [1.165, 1.54) is 25.7 Å². The molecule has 0 heterocycles. The maximum atomic E-state index is 11.5. The number of Topliss-reactive ketones (excluding diaryl/α,β-unsaturated/α-hetero) is 1. The molecule has 12 heavy (non-hydrogen) atoms. The molecular formula is C10H15BrO. The lowest BCUT2D eigenvalue weighted by molar-refractivity contribution is -0.141. The summed E-state index contributed by atoms with van der Waals surface area (Å²) in [6.45, 7) is 0. The van der Waals surface area contributed by atoms with Crippen molar-refractivity contribution in [3.05, 3.63) is 0 Å². The minimum absolute atomic E-state index is 0.454. The van der Waals surface area contributed by atoms with Gasteiger partial charge in [0.05, 0.1) is 0 Å². The van der Waals surface area contributed by atoms with Crippen LogP contribution in [-0.2, 0) is 4.79 Å². The van der Waals surface area contributed by atoms with Crippen molar-refractivity contribution in [2.45, 2.75) is 32.1 Å². The van der Waals surface area contributed by atoms with Gasteiger partial charge in [0.1, 0.15) is 5.78 Å². The van der Waals surface area contributed by atoms with Crippen molar-refractivity contribution in [2.75, 3.05) is 5.33 Å². The molecule has 1 nitrogen and oxygen atoms in total. The molecule has 0 aromatic heterocycles. The standard InChI is InChI=1S/C10H15BrO/c11-6-2-5-9-7-3-1-4-8(7)10(9)12/h7-9H,1-6H2/t7-,8+,9-/m0/s1. The van der Waals surface area contributed by atoms with Crippen molar-refractivity contribution in [2.24, 2.45) is 17.8 Å². The average molecular weight is 231 g/mol. The van der Waals surface area contributed by atoms with Crippen LogP contribution in [0.15, 0.2) is 0 Å². The number of hydrogen-bond acceptors (Lipinski definition) is 1. The molecule has 0 bridgehead atoms. The number of alkyl halides is 1. The predicted molar refractivity (Wildman–Crippen MR) is 52.4 cm³/mol. The third-order valence-corrected chi connectivity index (χ3v) is 4.03. The van der Waals surface area contributed by atoms with Gasteiger partial charge in [0.25, 0.3) is 0 Å². The van der Waals surface area contributed by atoms with Gasteiger partial charge in [-0.2, -0.15) is 0 Å². The van der Waals surface area contributed by atoms with Gasteiger partial charge in [-0.3, -0.25) is 4.79 Å². The Kier molecular flexibility index (Phi) is 2.54. The van der Waals surface area contributed by atoms with Crippen LogP contribution in [0, 0.1) is 17.8 Å². The maximum absolute atomic E-state index is 11.5. The SMILES string of the molecule is O=C1[C@@H](CCCBr)[C@H]2CCC[C@@H]12. The zero-order valence-corrected chi connectivity index (χ0v) is 8.85. The van der Waals surface area contributed by atoms with E-state index >= 15 is 0 Å². The first-order valence-electron chi connectivity index (χ1n) is 4.94. The van der Waals surface area contributed by atoms with Gasteiger partial charge < -0.3 is 0 Å². The van der Waals surface area contributed by atoms with Crippen LogP contribution >= 0.6 is 15.9 Å². The molecule has 0 aliphatic heterocycles. The van der Waals surface area contributed by atoms with Crippen molar-refractivity contribution >= 4 is 21.7 Å². The Bertz CT molecular complexity index is 190. The Morgan fingerprint density at radius 2 is 2.25 bits per heavy atom. The molecule has 0 N–H and O–H groups in total. The van der Waals surface area contributed by atoms with E-state index in [2.05, 4.69) is 15.9 Å². The highest BCUT2D eigenvalue weighted by molar-refractivity contribution is 9.09. The lowest BCUT2D eigenvalue weighted by Crippen LogP contribution is -2.44. The highest BCUT2D eigenvalue weighted by atomic mass is 79.9. The van der Waals surface area contributed by atoms with E-state index in [0.717, 1.165) is 17.7 Å². The molecule has 0 radical (unpaired) electrons. The quantitative estimate of drug-likeness (QED) is 0.682. The van der Waals surface area contributed by atoms with Crippen molar-refractivity contribution in [1.29, 1.82) is 0 Å². The molecule has 0 saturated heterocycles. The molecule has 2 aliphatic rings. The van der Waals surface area contributed by atoms with Crippen LogP contribution in [0.3, 0.4) is 0 Å². The third kappa shape index (κ3) is 1.24. The number of carbonyl (C=O) groups excluding carboxylic acids is 1. The summed E-state index contributed by atoms with van der Waals surface area (Å²) in [6, 6.07) is 0. The van der Waals surface area contributed by atoms with Gasteiger partial charge in [0.15, 0.2) is 0 Å². The Morgan fingerprint density at radius 1 is 1.42 bits per heavy atom. The van der Waals surface area contributed by atoms with Gasteiger partial charge in [0.2, 0.25) is 0 Å². The highest BCUT2D eigenvalue weighted by Gasteiger charge is 2.50. The minimum Gasteiger partial charge on any atom is -0.299 e. The van der Waals surface area contributed by atoms with Gasteiger partial charge in [-0.05, 0) is 31.6 Å². The van der Waals surface area contributed by atoms with E-state index in [1.54, 1.807) is 0 Å². The fraction of sp³-hybridized carbons (Fsp3) is 0.900. The van der Waals surface area contributed by atoms with E-state index in [1.807, 2.05) is 0 Å². The molecule has 0 aromatic rings. The molecule has 0 amide bonds. The van der Waals surface area contributed by atoms with Gasteiger partial charge >= 0.3 is 0 Å². The molecule has 2 heteroatoms. The normalized spacial score (nSPS) is 39.4. The fourth-order valence-electron chi connectivity index (χ4n) is 2.84. The Hall–Kier alpha value is 0.150. The topological polar surface area (TPSA) is 17.1 Å². The summed E-state index contributed by atoms with van der Waals surface area (Å²) < 4.78 is 0. The zero-order valence-electron chi connectivity index (χ0n) is 7.26. The van der Waals surface area contributed by atoms with E-state index in [0.29, 0.717) is 17.6 Å². The van der Waals surface area contributed by atoms with Crippen LogP contribution in [0.4, 0.5) is 0 Å². The summed E-state index contributed by atoms with van der Waals surface area (Å²) >= 11 is 3.41. The summed E-state index contributed by atoms with van der Waals surface area (Å²) in [4.78, 5) is 11.5. The summed E-state index contributed by atoms with van der Waals surface area (Å²) in [7, 11) is 0. The van der Waals surface area contributed by atoms with Crippen LogP contribution in [0.2, 0.25) is 0 Å². The molecule has 0 unspecified atom stereocenters. The Morgan fingerprint density at radius 3 is 3.00 bits per heavy atom. The summed E-state index contributed by atoms with van der Waals surface area (Å²) in [5, 5.41) is 1.05. The monoisotopic (exact) mass is 230 g/mol. The molecule has 2 rings (SSSR count). The first-order chi connectivity index (χ1) is 5.84. The second-order valence-electron chi connectivity index (χ2n) is 4.04. The van der Waals surface area contributed by atoms with Crippen molar-refractivity contribution in [3.63, 3.8) is 0 Å². The molecule has 68 valence electrons. The van der Waals surface area contributed by atoms with Crippen LogP contribution in [0.5, 0.6) is 0 Å². The van der Waals surface area contributed by atoms with Crippen LogP contribution in [0.25, 0.3) is 0 Å².